The monoisotopic (exact) mass is 263 g/mol. The Morgan fingerprint density at radius 1 is 1.22 bits per heavy atom. The fourth-order valence-corrected chi connectivity index (χ4v) is 3.76. The van der Waals surface area contributed by atoms with Gasteiger partial charge in [0.2, 0.25) is 5.91 Å². The van der Waals surface area contributed by atoms with Crippen molar-refractivity contribution in [3.63, 3.8) is 0 Å². The summed E-state index contributed by atoms with van der Waals surface area (Å²) >= 11 is 0. The number of allylic oxidation sites excluding steroid dienone is 2. The molecule has 0 aromatic heterocycles. The smallest absolute Gasteiger partial charge is 0.247 e. The highest BCUT2D eigenvalue weighted by Gasteiger charge is 2.20. The Bertz CT molecular complexity index is 444. The van der Waals surface area contributed by atoms with E-state index >= 15 is 0 Å². The number of hydrogen-bond acceptors (Lipinski definition) is 2. The molecular weight excluding hydrogens is 246 g/mol. The molecule has 0 spiro atoms. The van der Waals surface area contributed by atoms with Gasteiger partial charge in [-0.15, -0.1) is 0 Å². The quantitative estimate of drug-likeness (QED) is 0.434. The van der Waals surface area contributed by atoms with Crippen LogP contribution in [0.15, 0.2) is 53.3 Å². The SMILES string of the molecule is O=C(NO)C(Cc1ccccc1)C[SH]1C=CC=C1. The first-order chi connectivity index (χ1) is 8.79. The van der Waals surface area contributed by atoms with Crippen LogP contribution in [0.25, 0.3) is 0 Å². The average molecular weight is 263 g/mol. The van der Waals surface area contributed by atoms with Gasteiger partial charge in [-0.3, -0.25) is 10.0 Å². The third-order valence-corrected chi connectivity index (χ3v) is 4.88. The van der Waals surface area contributed by atoms with Crippen LogP contribution in [0.5, 0.6) is 0 Å². The van der Waals surface area contributed by atoms with Crippen LogP contribution in [0.3, 0.4) is 0 Å². The van der Waals surface area contributed by atoms with Crippen LogP contribution in [0.2, 0.25) is 0 Å². The van der Waals surface area contributed by atoms with E-state index in [0.717, 1.165) is 11.3 Å². The van der Waals surface area contributed by atoms with Gasteiger partial charge in [0.25, 0.3) is 0 Å². The molecule has 1 atom stereocenters. The van der Waals surface area contributed by atoms with Crippen molar-refractivity contribution in [2.75, 3.05) is 5.75 Å². The van der Waals surface area contributed by atoms with Crippen LogP contribution in [-0.2, 0) is 11.2 Å². The van der Waals surface area contributed by atoms with Crippen molar-refractivity contribution >= 4 is 16.8 Å². The Hall–Kier alpha value is -1.52. The maximum absolute atomic E-state index is 11.7. The van der Waals surface area contributed by atoms with Gasteiger partial charge >= 0.3 is 0 Å². The van der Waals surface area contributed by atoms with Crippen LogP contribution < -0.4 is 5.48 Å². The molecule has 1 unspecified atom stereocenters. The van der Waals surface area contributed by atoms with E-state index in [1.165, 1.54) is 0 Å². The number of amides is 1. The summed E-state index contributed by atoms with van der Waals surface area (Å²) in [5.74, 6) is 0.301. The molecule has 1 amide bonds. The minimum absolute atomic E-state index is 0.184. The highest BCUT2D eigenvalue weighted by Crippen LogP contribution is 2.35. The van der Waals surface area contributed by atoms with Gasteiger partial charge < -0.3 is 0 Å². The van der Waals surface area contributed by atoms with E-state index in [2.05, 4.69) is 10.8 Å². The molecule has 0 saturated heterocycles. The molecule has 0 radical (unpaired) electrons. The van der Waals surface area contributed by atoms with Gasteiger partial charge in [0.1, 0.15) is 0 Å². The van der Waals surface area contributed by atoms with Crippen LogP contribution >= 0.6 is 10.9 Å². The van der Waals surface area contributed by atoms with Crippen molar-refractivity contribution in [2.45, 2.75) is 6.42 Å². The van der Waals surface area contributed by atoms with Crippen LogP contribution in [0.4, 0.5) is 0 Å². The summed E-state index contributed by atoms with van der Waals surface area (Å²) in [5.41, 5.74) is 2.90. The zero-order valence-corrected chi connectivity index (χ0v) is 10.9. The van der Waals surface area contributed by atoms with Gasteiger partial charge in [-0.2, -0.15) is 0 Å². The fraction of sp³-hybridized carbons (Fsp3) is 0.214. The minimum Gasteiger partial charge on any atom is -0.289 e. The number of nitrogens with one attached hydrogen (secondary N) is 1. The summed E-state index contributed by atoms with van der Waals surface area (Å²) in [6.07, 6.45) is 4.69. The van der Waals surface area contributed by atoms with Crippen molar-refractivity contribution in [3.05, 3.63) is 58.9 Å². The second-order valence-electron chi connectivity index (χ2n) is 4.24. The summed E-state index contributed by atoms with van der Waals surface area (Å²) in [6.45, 7) is 0. The zero-order chi connectivity index (χ0) is 12.8. The molecule has 3 nitrogen and oxygen atoms in total. The third-order valence-electron chi connectivity index (χ3n) is 2.90. The van der Waals surface area contributed by atoms with Crippen molar-refractivity contribution in [1.29, 1.82) is 0 Å². The predicted molar refractivity (Wildman–Crippen MR) is 75.7 cm³/mol. The molecule has 1 heterocycles. The second-order valence-corrected chi connectivity index (χ2v) is 6.23. The van der Waals surface area contributed by atoms with E-state index in [-0.39, 0.29) is 22.7 Å². The average Bonchev–Trinajstić information content (AvgIpc) is 2.91. The van der Waals surface area contributed by atoms with Gasteiger partial charge in [-0.05, 0) is 28.6 Å². The van der Waals surface area contributed by atoms with Crippen molar-refractivity contribution in [3.8, 4) is 0 Å². The first-order valence-electron chi connectivity index (χ1n) is 5.88. The number of rotatable bonds is 5. The molecule has 0 fully saturated rings. The topological polar surface area (TPSA) is 49.3 Å². The molecule has 0 saturated carbocycles. The summed E-state index contributed by atoms with van der Waals surface area (Å²) in [7, 11) is -0.352. The highest BCUT2D eigenvalue weighted by atomic mass is 32.2. The number of hydrogen-bond donors (Lipinski definition) is 3. The molecule has 2 rings (SSSR count). The Balaban J connectivity index is 2.03. The van der Waals surface area contributed by atoms with E-state index in [1.54, 1.807) is 5.48 Å². The first kappa shape index (κ1) is 12.9. The van der Waals surface area contributed by atoms with Crippen molar-refractivity contribution in [1.82, 2.24) is 5.48 Å². The lowest BCUT2D eigenvalue weighted by atomic mass is 10.0. The molecule has 96 valence electrons. The van der Waals surface area contributed by atoms with E-state index in [9.17, 15) is 4.79 Å². The Kier molecular flexibility index (Phi) is 4.61. The van der Waals surface area contributed by atoms with Gasteiger partial charge in [0.15, 0.2) is 0 Å². The van der Waals surface area contributed by atoms with Gasteiger partial charge in [0.05, 0.1) is 5.92 Å². The van der Waals surface area contributed by atoms with Gasteiger partial charge in [-0.25, -0.2) is 16.4 Å². The van der Waals surface area contributed by atoms with Crippen LogP contribution in [-0.4, -0.2) is 16.9 Å². The number of benzene rings is 1. The lowest BCUT2D eigenvalue weighted by Gasteiger charge is -2.19. The van der Waals surface area contributed by atoms with Crippen molar-refractivity contribution < 1.29 is 10.0 Å². The number of carbonyl (C=O) groups is 1. The molecule has 2 N–H and O–H groups in total. The molecule has 0 aliphatic carbocycles. The molecule has 1 aliphatic rings. The van der Waals surface area contributed by atoms with E-state index in [4.69, 9.17) is 5.21 Å². The van der Waals surface area contributed by atoms with Gasteiger partial charge in [-0.1, -0.05) is 42.5 Å². The fourth-order valence-electron chi connectivity index (χ4n) is 1.98. The van der Waals surface area contributed by atoms with E-state index < -0.39 is 0 Å². The second kappa shape index (κ2) is 6.42. The molecule has 1 aromatic carbocycles. The number of carbonyl (C=O) groups excluding carboxylic acids is 1. The minimum atomic E-state index is -0.352. The standard InChI is InChI=1S/C14H17NO2S/c16-14(15-17)13(11-18-8-4-5-9-18)10-12-6-2-1-3-7-12/h1-9,13,17-18H,10-11H2,(H,15,16). The maximum Gasteiger partial charge on any atom is 0.247 e. The molecule has 18 heavy (non-hydrogen) atoms. The summed E-state index contributed by atoms with van der Waals surface area (Å²) < 4.78 is 0. The third kappa shape index (κ3) is 3.48. The molecular formula is C14H17NO2S. The Labute approximate surface area is 110 Å². The molecule has 1 aliphatic heterocycles. The molecule has 4 heteroatoms. The Morgan fingerprint density at radius 3 is 2.50 bits per heavy atom. The normalized spacial score (nSPS) is 16.8. The first-order valence-corrected chi connectivity index (χ1v) is 7.55. The predicted octanol–water partition coefficient (Wildman–Crippen LogP) is 2.39. The lowest BCUT2D eigenvalue weighted by molar-refractivity contribution is -0.132. The largest absolute Gasteiger partial charge is 0.289 e. The summed E-state index contributed by atoms with van der Waals surface area (Å²) in [4.78, 5) is 11.7. The van der Waals surface area contributed by atoms with Crippen LogP contribution in [0, 0.1) is 5.92 Å². The van der Waals surface area contributed by atoms with Crippen LogP contribution in [0.1, 0.15) is 5.56 Å². The number of thiol groups is 1. The lowest BCUT2D eigenvalue weighted by Crippen LogP contribution is -2.31. The summed E-state index contributed by atoms with van der Waals surface area (Å²) in [5, 5.41) is 13.1. The molecule has 1 aromatic rings. The van der Waals surface area contributed by atoms with Gasteiger partial charge in [0, 0.05) is 0 Å². The zero-order valence-electron chi connectivity index (χ0n) is 9.99. The highest BCUT2D eigenvalue weighted by molar-refractivity contribution is 8.22. The summed E-state index contributed by atoms with van der Waals surface area (Å²) in [6, 6.07) is 9.89. The van der Waals surface area contributed by atoms with E-state index in [0.29, 0.717) is 6.42 Å². The Morgan fingerprint density at radius 2 is 1.89 bits per heavy atom. The van der Waals surface area contributed by atoms with E-state index in [1.807, 2.05) is 42.5 Å². The number of hydroxylamine groups is 1. The molecule has 0 bridgehead atoms. The van der Waals surface area contributed by atoms with Crippen molar-refractivity contribution in [2.24, 2.45) is 5.92 Å². The maximum atomic E-state index is 11.7.